The highest BCUT2D eigenvalue weighted by atomic mass is 16.5. The van der Waals surface area contributed by atoms with Crippen LogP contribution in [0.25, 0.3) is 0 Å². The fourth-order valence-corrected chi connectivity index (χ4v) is 1.49. The molecule has 6 heteroatoms. The van der Waals surface area contributed by atoms with Gasteiger partial charge in [0.25, 0.3) is 0 Å². The van der Waals surface area contributed by atoms with Crippen LogP contribution in [0.15, 0.2) is 6.20 Å². The van der Waals surface area contributed by atoms with Gasteiger partial charge in [0.05, 0.1) is 12.2 Å². The van der Waals surface area contributed by atoms with Crippen LogP contribution in [0.4, 0.5) is 0 Å². The summed E-state index contributed by atoms with van der Waals surface area (Å²) in [6.45, 7) is 3.92. The van der Waals surface area contributed by atoms with E-state index in [0.717, 1.165) is 38.4 Å². The molecule has 0 radical (unpaired) electrons. The molecule has 0 fully saturated rings. The van der Waals surface area contributed by atoms with E-state index in [1.165, 1.54) is 0 Å². The minimum atomic E-state index is 0.590. The van der Waals surface area contributed by atoms with Gasteiger partial charge in [0.2, 0.25) is 0 Å². The second-order valence-electron chi connectivity index (χ2n) is 3.85. The van der Waals surface area contributed by atoms with Crippen molar-refractivity contribution in [1.29, 1.82) is 0 Å². The molecule has 6 nitrogen and oxygen atoms in total. The normalized spacial score (nSPS) is 11.2. The maximum Gasteiger partial charge on any atom is 0.0967 e. The average Bonchev–Trinajstić information content (AvgIpc) is 2.66. The number of methoxy groups -OCH3 is 1. The van der Waals surface area contributed by atoms with Crippen LogP contribution in [0.3, 0.4) is 0 Å². The first-order valence-electron chi connectivity index (χ1n) is 5.53. The van der Waals surface area contributed by atoms with Crippen molar-refractivity contribution in [1.82, 2.24) is 19.9 Å². The van der Waals surface area contributed by atoms with Crippen LogP contribution >= 0.6 is 0 Å². The van der Waals surface area contributed by atoms with Crippen LogP contribution in [0, 0.1) is 0 Å². The first-order valence-corrected chi connectivity index (χ1v) is 5.53. The van der Waals surface area contributed by atoms with Gasteiger partial charge in [-0.25, -0.2) is 0 Å². The van der Waals surface area contributed by atoms with Crippen molar-refractivity contribution in [3.8, 4) is 0 Å². The average molecular weight is 227 g/mol. The Labute approximate surface area is 96.4 Å². The maximum absolute atomic E-state index is 5.44. The lowest BCUT2D eigenvalue weighted by Gasteiger charge is -2.13. The standard InChI is InChI=1S/C10H21N5O/c1-14(5-3-7-16-2)8-10-9-15(6-4-11)13-12-10/h9H,3-8,11H2,1-2H3. The predicted octanol–water partition coefficient (Wildman–Crippen LogP) is -0.295. The van der Waals surface area contributed by atoms with Crippen LogP contribution in [0.1, 0.15) is 12.1 Å². The van der Waals surface area contributed by atoms with Crippen molar-refractivity contribution in [3.05, 3.63) is 11.9 Å². The summed E-state index contributed by atoms with van der Waals surface area (Å²) in [5.74, 6) is 0. The SMILES string of the molecule is COCCCN(C)Cc1cn(CCN)nn1. The molecular formula is C10H21N5O. The van der Waals surface area contributed by atoms with Crippen molar-refractivity contribution in [2.75, 3.05) is 33.9 Å². The lowest BCUT2D eigenvalue weighted by Crippen LogP contribution is -2.20. The molecule has 1 aromatic heterocycles. The monoisotopic (exact) mass is 227 g/mol. The number of hydrogen-bond acceptors (Lipinski definition) is 5. The summed E-state index contributed by atoms with van der Waals surface area (Å²) < 4.78 is 6.78. The number of aromatic nitrogens is 3. The Balaban J connectivity index is 2.28. The molecule has 0 amide bonds. The summed E-state index contributed by atoms with van der Waals surface area (Å²) >= 11 is 0. The van der Waals surface area contributed by atoms with Crippen LogP contribution in [0.2, 0.25) is 0 Å². The maximum atomic E-state index is 5.44. The minimum absolute atomic E-state index is 0.590. The first kappa shape index (κ1) is 13.1. The van der Waals surface area contributed by atoms with E-state index >= 15 is 0 Å². The summed E-state index contributed by atoms with van der Waals surface area (Å²) in [5.41, 5.74) is 6.42. The third-order valence-electron chi connectivity index (χ3n) is 2.26. The van der Waals surface area contributed by atoms with Crippen LogP contribution < -0.4 is 5.73 Å². The van der Waals surface area contributed by atoms with E-state index in [4.69, 9.17) is 10.5 Å². The molecule has 0 spiro atoms. The Morgan fingerprint density at radius 1 is 1.56 bits per heavy atom. The smallest absolute Gasteiger partial charge is 0.0967 e. The topological polar surface area (TPSA) is 69.2 Å². The second-order valence-corrected chi connectivity index (χ2v) is 3.85. The zero-order valence-electron chi connectivity index (χ0n) is 10.1. The van der Waals surface area contributed by atoms with E-state index in [2.05, 4.69) is 22.3 Å². The number of nitrogens with two attached hydrogens (primary N) is 1. The Kier molecular flexibility index (Phi) is 5.99. The van der Waals surface area contributed by atoms with Gasteiger partial charge in [-0.2, -0.15) is 0 Å². The fourth-order valence-electron chi connectivity index (χ4n) is 1.49. The van der Waals surface area contributed by atoms with E-state index in [9.17, 15) is 0 Å². The molecule has 0 bridgehead atoms. The highest BCUT2D eigenvalue weighted by Crippen LogP contribution is 1.99. The van der Waals surface area contributed by atoms with E-state index in [0.29, 0.717) is 6.54 Å². The molecule has 2 N–H and O–H groups in total. The van der Waals surface area contributed by atoms with E-state index in [1.807, 2.05) is 6.20 Å². The molecule has 0 aliphatic heterocycles. The second kappa shape index (κ2) is 7.32. The molecular weight excluding hydrogens is 206 g/mol. The predicted molar refractivity (Wildman–Crippen MR) is 61.9 cm³/mol. The molecule has 0 saturated carbocycles. The van der Waals surface area contributed by atoms with Crippen molar-refractivity contribution in [2.45, 2.75) is 19.5 Å². The minimum Gasteiger partial charge on any atom is -0.385 e. The lowest BCUT2D eigenvalue weighted by molar-refractivity contribution is 0.177. The van der Waals surface area contributed by atoms with Crippen LogP contribution in [-0.2, 0) is 17.8 Å². The Hall–Kier alpha value is -0.980. The zero-order valence-corrected chi connectivity index (χ0v) is 10.1. The molecule has 0 atom stereocenters. The quantitative estimate of drug-likeness (QED) is 0.618. The van der Waals surface area contributed by atoms with Crippen molar-refractivity contribution in [2.24, 2.45) is 5.73 Å². The number of hydrogen-bond donors (Lipinski definition) is 1. The molecule has 0 unspecified atom stereocenters. The molecule has 1 rings (SSSR count). The number of rotatable bonds is 8. The molecule has 0 saturated heterocycles. The zero-order chi connectivity index (χ0) is 11.8. The third kappa shape index (κ3) is 4.69. The van der Waals surface area contributed by atoms with Gasteiger partial charge in [-0.05, 0) is 13.5 Å². The summed E-state index contributed by atoms with van der Waals surface area (Å²) in [4.78, 5) is 2.20. The summed E-state index contributed by atoms with van der Waals surface area (Å²) in [5, 5.41) is 8.08. The van der Waals surface area contributed by atoms with Crippen molar-refractivity contribution < 1.29 is 4.74 Å². The number of ether oxygens (including phenoxy) is 1. The summed E-state index contributed by atoms with van der Waals surface area (Å²) in [7, 11) is 3.79. The Bertz CT molecular complexity index is 288. The van der Waals surface area contributed by atoms with E-state index < -0.39 is 0 Å². The highest BCUT2D eigenvalue weighted by molar-refractivity contribution is 4.91. The fraction of sp³-hybridized carbons (Fsp3) is 0.800. The Morgan fingerprint density at radius 2 is 2.38 bits per heavy atom. The Morgan fingerprint density at radius 3 is 3.06 bits per heavy atom. The number of nitrogens with zero attached hydrogens (tertiary/aromatic N) is 4. The molecule has 0 aliphatic carbocycles. The van der Waals surface area contributed by atoms with Gasteiger partial charge in [-0.15, -0.1) is 5.10 Å². The van der Waals surface area contributed by atoms with Gasteiger partial charge in [-0.3, -0.25) is 4.68 Å². The molecule has 92 valence electrons. The molecule has 16 heavy (non-hydrogen) atoms. The molecule has 1 heterocycles. The molecule has 0 aliphatic rings. The first-order chi connectivity index (χ1) is 7.76. The highest BCUT2D eigenvalue weighted by Gasteiger charge is 2.04. The lowest BCUT2D eigenvalue weighted by atomic mass is 10.3. The largest absolute Gasteiger partial charge is 0.385 e. The molecule has 1 aromatic rings. The van der Waals surface area contributed by atoms with E-state index in [1.54, 1.807) is 11.8 Å². The van der Waals surface area contributed by atoms with Gasteiger partial charge in [0, 0.05) is 39.5 Å². The van der Waals surface area contributed by atoms with Crippen molar-refractivity contribution >= 4 is 0 Å². The van der Waals surface area contributed by atoms with Crippen molar-refractivity contribution in [3.63, 3.8) is 0 Å². The summed E-state index contributed by atoms with van der Waals surface area (Å²) in [6.07, 6.45) is 2.98. The molecule has 0 aromatic carbocycles. The van der Waals surface area contributed by atoms with Gasteiger partial charge in [0.1, 0.15) is 0 Å². The third-order valence-corrected chi connectivity index (χ3v) is 2.26. The van der Waals surface area contributed by atoms with Gasteiger partial charge in [-0.1, -0.05) is 5.21 Å². The van der Waals surface area contributed by atoms with Crippen LogP contribution in [0.5, 0.6) is 0 Å². The van der Waals surface area contributed by atoms with Gasteiger partial charge < -0.3 is 15.4 Å². The summed E-state index contributed by atoms with van der Waals surface area (Å²) in [6, 6.07) is 0. The van der Waals surface area contributed by atoms with Gasteiger partial charge in [0.15, 0.2) is 0 Å². The van der Waals surface area contributed by atoms with Gasteiger partial charge >= 0.3 is 0 Å². The van der Waals surface area contributed by atoms with E-state index in [-0.39, 0.29) is 0 Å². The van der Waals surface area contributed by atoms with Crippen LogP contribution in [-0.4, -0.2) is 53.7 Å².